The molecule has 1 fully saturated rings. The maximum absolute atomic E-state index is 13.2. The second-order valence-corrected chi connectivity index (χ2v) is 6.90. The second-order valence-electron chi connectivity index (χ2n) is 6.90. The molecule has 3 rings (SSSR count). The van der Waals surface area contributed by atoms with Crippen LogP contribution in [0.1, 0.15) is 48.5 Å². The molecular weight excluding hydrogens is 456 g/mol. The van der Waals surface area contributed by atoms with E-state index in [9.17, 15) is 4.39 Å². The molecule has 7 heteroatoms. The topological polar surface area (TPSA) is 54.2 Å². The third kappa shape index (κ3) is 6.19. The number of aryl methyl sites for hydroxylation is 1. The van der Waals surface area contributed by atoms with Crippen molar-refractivity contribution >= 4 is 29.9 Å². The average Bonchev–Trinajstić information content (AvgIpc) is 3.31. The van der Waals surface area contributed by atoms with Crippen molar-refractivity contribution in [1.82, 2.24) is 20.4 Å². The molecule has 5 nitrogen and oxygen atoms in total. The second kappa shape index (κ2) is 10.6. The number of hydrogen-bond acceptors (Lipinski definition) is 2. The first-order valence-corrected chi connectivity index (χ1v) is 9.39. The van der Waals surface area contributed by atoms with E-state index in [2.05, 4.69) is 37.7 Å². The van der Waals surface area contributed by atoms with Crippen LogP contribution in [-0.4, -0.2) is 29.3 Å². The van der Waals surface area contributed by atoms with Crippen LogP contribution in [0.2, 0.25) is 0 Å². The fourth-order valence-electron chi connectivity index (χ4n) is 3.49. The molecule has 27 heavy (non-hydrogen) atoms. The Morgan fingerprint density at radius 2 is 2.04 bits per heavy atom. The largest absolute Gasteiger partial charge is 0.356 e. The standard InChI is InChI=1S/C20H28FN5.HI/c1-15-13-17(21)8-7-16(15)9-11-23-20(22-2)24-14-18-10-12-26(25-18)19-5-3-4-6-19;/h7-8,10,12-13,19H,3-6,9,11,14H2,1-2H3,(H2,22,23,24);1H. The van der Waals surface area contributed by atoms with E-state index in [-0.39, 0.29) is 29.8 Å². The number of benzene rings is 1. The van der Waals surface area contributed by atoms with Crippen LogP contribution in [0, 0.1) is 12.7 Å². The van der Waals surface area contributed by atoms with Crippen molar-refractivity contribution in [2.45, 2.75) is 51.6 Å². The monoisotopic (exact) mass is 485 g/mol. The summed E-state index contributed by atoms with van der Waals surface area (Å²) in [6.45, 7) is 3.32. The SMILES string of the molecule is CN=C(NCCc1ccc(F)cc1C)NCc1ccn(C2CCCC2)n1.I. The molecule has 2 aromatic rings. The maximum atomic E-state index is 13.2. The van der Waals surface area contributed by atoms with Gasteiger partial charge >= 0.3 is 0 Å². The molecule has 2 N–H and O–H groups in total. The van der Waals surface area contributed by atoms with Crippen molar-refractivity contribution < 1.29 is 4.39 Å². The maximum Gasteiger partial charge on any atom is 0.191 e. The summed E-state index contributed by atoms with van der Waals surface area (Å²) in [6.07, 6.45) is 8.00. The molecular formula is C20H29FIN5. The highest BCUT2D eigenvalue weighted by Gasteiger charge is 2.17. The molecule has 0 saturated heterocycles. The number of aliphatic imine (C=N–C) groups is 1. The van der Waals surface area contributed by atoms with Crippen LogP contribution in [0.5, 0.6) is 0 Å². The average molecular weight is 485 g/mol. The van der Waals surface area contributed by atoms with Gasteiger partial charge in [-0.25, -0.2) is 4.39 Å². The number of aromatic nitrogens is 2. The van der Waals surface area contributed by atoms with E-state index in [4.69, 9.17) is 0 Å². The van der Waals surface area contributed by atoms with E-state index in [1.54, 1.807) is 13.1 Å². The first-order chi connectivity index (χ1) is 12.7. The van der Waals surface area contributed by atoms with Crippen LogP contribution >= 0.6 is 24.0 Å². The number of hydrogen-bond donors (Lipinski definition) is 2. The molecule has 0 radical (unpaired) electrons. The summed E-state index contributed by atoms with van der Waals surface area (Å²) in [5.41, 5.74) is 3.14. The number of nitrogens with zero attached hydrogens (tertiary/aromatic N) is 3. The van der Waals surface area contributed by atoms with Crippen LogP contribution < -0.4 is 10.6 Å². The Bertz CT molecular complexity index is 753. The van der Waals surface area contributed by atoms with Gasteiger partial charge in [0.15, 0.2) is 5.96 Å². The molecule has 0 unspecified atom stereocenters. The lowest BCUT2D eigenvalue weighted by atomic mass is 10.1. The zero-order valence-electron chi connectivity index (χ0n) is 16.0. The van der Waals surface area contributed by atoms with E-state index in [1.165, 1.54) is 31.7 Å². The molecule has 148 valence electrons. The molecule has 0 bridgehead atoms. The first-order valence-electron chi connectivity index (χ1n) is 9.39. The lowest BCUT2D eigenvalue weighted by Gasteiger charge is -2.12. The summed E-state index contributed by atoms with van der Waals surface area (Å²) in [5.74, 6) is 0.564. The lowest BCUT2D eigenvalue weighted by molar-refractivity contribution is 0.462. The van der Waals surface area contributed by atoms with Gasteiger partial charge in [0, 0.05) is 19.8 Å². The molecule has 1 aromatic carbocycles. The third-order valence-corrected chi connectivity index (χ3v) is 5.01. The predicted octanol–water partition coefficient (Wildman–Crippen LogP) is 3.97. The van der Waals surface area contributed by atoms with Crippen molar-refractivity contribution in [3.05, 3.63) is 53.1 Å². The molecule has 0 aliphatic heterocycles. The van der Waals surface area contributed by atoms with E-state index in [1.807, 2.05) is 13.0 Å². The zero-order chi connectivity index (χ0) is 18.4. The minimum Gasteiger partial charge on any atom is -0.356 e. The van der Waals surface area contributed by atoms with Gasteiger partial charge in [0.05, 0.1) is 18.3 Å². The Balaban J connectivity index is 0.00000261. The van der Waals surface area contributed by atoms with Gasteiger partial charge in [0.25, 0.3) is 0 Å². The van der Waals surface area contributed by atoms with Gasteiger partial charge in [0.1, 0.15) is 5.82 Å². The Hall–Kier alpha value is -1.64. The third-order valence-electron chi connectivity index (χ3n) is 5.01. The summed E-state index contributed by atoms with van der Waals surface area (Å²) in [7, 11) is 1.76. The number of halogens is 2. The zero-order valence-corrected chi connectivity index (χ0v) is 18.4. The van der Waals surface area contributed by atoms with Crippen molar-refractivity contribution in [2.24, 2.45) is 4.99 Å². The quantitative estimate of drug-likeness (QED) is 0.370. The normalized spacial score (nSPS) is 14.9. The Morgan fingerprint density at radius 1 is 1.26 bits per heavy atom. The minimum atomic E-state index is -0.186. The molecule has 1 saturated carbocycles. The van der Waals surface area contributed by atoms with Gasteiger partial charge in [-0.15, -0.1) is 24.0 Å². The highest BCUT2D eigenvalue weighted by molar-refractivity contribution is 14.0. The van der Waals surface area contributed by atoms with E-state index in [0.717, 1.165) is 35.7 Å². The number of rotatable bonds is 6. The van der Waals surface area contributed by atoms with Gasteiger partial charge in [-0.2, -0.15) is 5.10 Å². The molecule has 1 aliphatic carbocycles. The van der Waals surface area contributed by atoms with Crippen molar-refractivity contribution in [3.8, 4) is 0 Å². The first kappa shape index (κ1) is 21.7. The van der Waals surface area contributed by atoms with Crippen LogP contribution in [0.15, 0.2) is 35.5 Å². The Kier molecular flexibility index (Phi) is 8.53. The van der Waals surface area contributed by atoms with Crippen LogP contribution in [-0.2, 0) is 13.0 Å². The summed E-state index contributed by atoms with van der Waals surface area (Å²) in [6, 6.07) is 7.57. The van der Waals surface area contributed by atoms with Gasteiger partial charge in [-0.3, -0.25) is 9.67 Å². The van der Waals surface area contributed by atoms with E-state index < -0.39 is 0 Å². The van der Waals surface area contributed by atoms with Gasteiger partial charge in [-0.05, 0) is 55.5 Å². The van der Waals surface area contributed by atoms with Crippen LogP contribution in [0.25, 0.3) is 0 Å². The fraction of sp³-hybridized carbons (Fsp3) is 0.500. The molecule has 1 aromatic heterocycles. The molecule has 0 spiro atoms. The Morgan fingerprint density at radius 3 is 2.74 bits per heavy atom. The molecule has 1 aliphatic rings. The number of nitrogens with one attached hydrogen (secondary N) is 2. The predicted molar refractivity (Wildman–Crippen MR) is 118 cm³/mol. The van der Waals surface area contributed by atoms with Gasteiger partial charge < -0.3 is 10.6 Å². The number of guanidine groups is 1. The summed E-state index contributed by atoms with van der Waals surface area (Å²) >= 11 is 0. The summed E-state index contributed by atoms with van der Waals surface area (Å²) in [5, 5.41) is 11.3. The van der Waals surface area contributed by atoms with Gasteiger partial charge in [-0.1, -0.05) is 18.9 Å². The van der Waals surface area contributed by atoms with Gasteiger partial charge in [0.2, 0.25) is 0 Å². The highest BCUT2D eigenvalue weighted by Crippen LogP contribution is 2.28. The molecule has 0 amide bonds. The smallest absolute Gasteiger partial charge is 0.191 e. The lowest BCUT2D eigenvalue weighted by Crippen LogP contribution is -2.38. The summed E-state index contributed by atoms with van der Waals surface area (Å²) < 4.78 is 15.3. The van der Waals surface area contributed by atoms with E-state index >= 15 is 0 Å². The van der Waals surface area contributed by atoms with Crippen LogP contribution in [0.4, 0.5) is 4.39 Å². The van der Waals surface area contributed by atoms with Crippen molar-refractivity contribution in [1.29, 1.82) is 0 Å². The minimum absolute atomic E-state index is 0. The van der Waals surface area contributed by atoms with Crippen molar-refractivity contribution in [3.63, 3.8) is 0 Å². The Labute approximate surface area is 177 Å². The molecule has 0 atom stereocenters. The fourth-order valence-corrected chi connectivity index (χ4v) is 3.49. The molecule has 1 heterocycles. The highest BCUT2D eigenvalue weighted by atomic mass is 127. The summed E-state index contributed by atoms with van der Waals surface area (Å²) in [4.78, 5) is 4.25. The van der Waals surface area contributed by atoms with E-state index in [0.29, 0.717) is 12.6 Å². The van der Waals surface area contributed by atoms with Crippen molar-refractivity contribution in [2.75, 3.05) is 13.6 Å². The van der Waals surface area contributed by atoms with Crippen LogP contribution in [0.3, 0.4) is 0 Å².